The van der Waals surface area contributed by atoms with Gasteiger partial charge in [-0.15, -0.1) is 5.10 Å². The Bertz CT molecular complexity index is 852. The molecule has 0 spiro atoms. The van der Waals surface area contributed by atoms with Crippen molar-refractivity contribution in [2.75, 3.05) is 32.7 Å². The minimum absolute atomic E-state index is 0.144. The molecule has 0 radical (unpaired) electrons. The minimum atomic E-state index is -0.144. The highest BCUT2D eigenvalue weighted by Gasteiger charge is 2.34. The van der Waals surface area contributed by atoms with Crippen LogP contribution in [0.3, 0.4) is 0 Å². The number of aryl methyl sites for hydroxylation is 1. The lowest BCUT2D eigenvalue weighted by atomic mass is 9.91. The third-order valence-corrected chi connectivity index (χ3v) is 6.71. The van der Waals surface area contributed by atoms with Crippen molar-refractivity contribution < 1.29 is 4.79 Å². The van der Waals surface area contributed by atoms with Crippen LogP contribution in [0.1, 0.15) is 36.2 Å². The molecule has 2 aromatic heterocycles. The van der Waals surface area contributed by atoms with E-state index in [0.717, 1.165) is 75.2 Å². The van der Waals surface area contributed by atoms with Crippen molar-refractivity contribution in [2.24, 2.45) is 0 Å². The lowest BCUT2D eigenvalue weighted by Crippen LogP contribution is -2.59. The number of hydrogen-bond donors (Lipinski definition) is 0. The number of hydrogen-bond acceptors (Lipinski definition) is 7. The summed E-state index contributed by atoms with van der Waals surface area (Å²) < 4.78 is 1.81. The molecule has 8 nitrogen and oxygen atoms in total. The van der Waals surface area contributed by atoms with Crippen LogP contribution in [0.5, 0.6) is 0 Å². The second-order valence-electron chi connectivity index (χ2n) is 8.51. The number of aldehydes is 1. The van der Waals surface area contributed by atoms with Crippen molar-refractivity contribution in [3.8, 4) is 5.82 Å². The van der Waals surface area contributed by atoms with E-state index in [1.165, 1.54) is 24.8 Å². The summed E-state index contributed by atoms with van der Waals surface area (Å²) in [5, 5.41) is 13.1. The van der Waals surface area contributed by atoms with E-state index >= 15 is 0 Å². The van der Waals surface area contributed by atoms with Gasteiger partial charge in [0.05, 0.1) is 11.4 Å². The monoisotopic (exact) mass is 395 g/mol. The van der Waals surface area contributed by atoms with Gasteiger partial charge in [-0.2, -0.15) is 10.2 Å². The molecule has 1 saturated heterocycles. The van der Waals surface area contributed by atoms with Gasteiger partial charge < -0.3 is 4.79 Å². The van der Waals surface area contributed by atoms with Gasteiger partial charge in [0, 0.05) is 63.5 Å². The Balaban J connectivity index is 1.25. The Morgan fingerprint density at radius 2 is 1.90 bits per heavy atom. The zero-order valence-electron chi connectivity index (χ0n) is 17.1. The average molecular weight is 396 g/mol. The van der Waals surface area contributed by atoms with Gasteiger partial charge in [0.2, 0.25) is 0 Å². The molecule has 4 heterocycles. The molecule has 0 N–H and O–H groups in total. The molecular weight excluding hydrogens is 366 g/mol. The molecule has 0 amide bonds. The molecule has 3 aliphatic rings. The smallest absolute Gasteiger partial charge is 0.175 e. The Labute approximate surface area is 171 Å². The summed E-state index contributed by atoms with van der Waals surface area (Å²) in [7, 11) is 0. The summed E-state index contributed by atoms with van der Waals surface area (Å²) in [5.41, 5.74) is 3.17. The van der Waals surface area contributed by atoms with E-state index in [1.54, 1.807) is 0 Å². The van der Waals surface area contributed by atoms with Crippen LogP contribution in [0.25, 0.3) is 5.82 Å². The summed E-state index contributed by atoms with van der Waals surface area (Å²) in [6.45, 7) is 7.64. The number of carbonyl (C=O) groups excluding carboxylic acids is 1. The number of rotatable bonds is 5. The summed E-state index contributed by atoms with van der Waals surface area (Å²) >= 11 is 0. The van der Waals surface area contributed by atoms with Gasteiger partial charge in [0.15, 0.2) is 12.1 Å². The van der Waals surface area contributed by atoms with Crippen LogP contribution in [-0.4, -0.2) is 85.9 Å². The van der Waals surface area contributed by atoms with Gasteiger partial charge in [-0.05, 0) is 31.9 Å². The number of carbonyl (C=O) groups is 1. The van der Waals surface area contributed by atoms with Crippen LogP contribution >= 0.6 is 0 Å². The molecule has 0 aromatic carbocycles. The van der Waals surface area contributed by atoms with Crippen LogP contribution in [0.4, 0.5) is 0 Å². The average Bonchev–Trinajstić information content (AvgIpc) is 3.12. The van der Waals surface area contributed by atoms with Gasteiger partial charge in [0.1, 0.15) is 6.17 Å². The van der Waals surface area contributed by atoms with E-state index in [2.05, 4.69) is 24.9 Å². The molecule has 1 unspecified atom stereocenters. The van der Waals surface area contributed by atoms with Crippen molar-refractivity contribution in [3.05, 3.63) is 35.3 Å². The third-order valence-electron chi connectivity index (χ3n) is 6.71. The molecule has 2 fully saturated rings. The maximum atomic E-state index is 12.0. The second kappa shape index (κ2) is 7.93. The van der Waals surface area contributed by atoms with E-state index < -0.39 is 0 Å². The van der Waals surface area contributed by atoms with Crippen LogP contribution < -0.4 is 0 Å². The maximum absolute atomic E-state index is 12.0. The lowest BCUT2D eigenvalue weighted by Gasteiger charge is -2.46. The normalized spacial score (nSPS) is 22.8. The van der Waals surface area contributed by atoms with Crippen molar-refractivity contribution in [1.29, 1.82) is 0 Å². The first-order chi connectivity index (χ1) is 14.2. The fraction of sp³-hybridized carbons (Fsp3) is 0.619. The van der Waals surface area contributed by atoms with E-state index in [1.807, 2.05) is 29.9 Å². The van der Waals surface area contributed by atoms with Gasteiger partial charge in [-0.25, -0.2) is 4.68 Å². The first-order valence-corrected chi connectivity index (χ1v) is 10.8. The highest BCUT2D eigenvalue weighted by Crippen LogP contribution is 2.27. The first kappa shape index (κ1) is 18.8. The number of aromatic nitrogens is 4. The molecule has 8 heteroatoms. The summed E-state index contributed by atoms with van der Waals surface area (Å²) in [5.74, 6) is 0.732. The Kier molecular flexibility index (Phi) is 5.15. The Morgan fingerprint density at radius 3 is 2.55 bits per heavy atom. The van der Waals surface area contributed by atoms with E-state index in [0.29, 0.717) is 0 Å². The first-order valence-electron chi connectivity index (χ1n) is 10.8. The molecule has 2 aliphatic heterocycles. The van der Waals surface area contributed by atoms with E-state index in [-0.39, 0.29) is 6.17 Å². The second-order valence-corrected chi connectivity index (χ2v) is 8.51. The van der Waals surface area contributed by atoms with Crippen molar-refractivity contribution >= 4 is 6.29 Å². The largest absolute Gasteiger partial charge is 0.300 e. The standard InChI is InChI=1S/C21H29N7O/c1-16-5-6-20(23-22-16)28-14-17-13-27(8-7-19(17)24-28)21(15-29)26-11-9-25(10-12-26)18-3-2-4-18/h5-6,14-15,18,21H,2-4,7-13H2,1H3. The predicted molar refractivity (Wildman–Crippen MR) is 109 cm³/mol. The van der Waals surface area contributed by atoms with E-state index in [9.17, 15) is 4.79 Å². The Morgan fingerprint density at radius 1 is 1.07 bits per heavy atom. The molecule has 2 aromatic rings. The molecule has 1 saturated carbocycles. The molecule has 0 bridgehead atoms. The van der Waals surface area contributed by atoms with Crippen LogP contribution in [0.2, 0.25) is 0 Å². The van der Waals surface area contributed by atoms with Crippen molar-refractivity contribution in [1.82, 2.24) is 34.7 Å². The molecular formula is C21H29N7O. The SMILES string of the molecule is Cc1ccc(-n2cc3c(n2)CCN(C(C=O)N2CCN(C4CCC4)CC2)C3)nn1. The molecule has 1 aliphatic carbocycles. The minimum Gasteiger partial charge on any atom is -0.300 e. The number of nitrogens with zero attached hydrogens (tertiary/aromatic N) is 7. The Hall–Kier alpha value is -2.16. The highest BCUT2D eigenvalue weighted by atomic mass is 16.1. The van der Waals surface area contributed by atoms with Gasteiger partial charge >= 0.3 is 0 Å². The lowest BCUT2D eigenvalue weighted by molar-refractivity contribution is -0.121. The van der Waals surface area contributed by atoms with E-state index in [4.69, 9.17) is 5.10 Å². The summed E-state index contributed by atoms with van der Waals surface area (Å²) in [4.78, 5) is 19.3. The zero-order valence-corrected chi connectivity index (χ0v) is 17.1. The highest BCUT2D eigenvalue weighted by molar-refractivity contribution is 5.57. The fourth-order valence-electron chi connectivity index (χ4n) is 4.71. The van der Waals surface area contributed by atoms with Gasteiger partial charge in [-0.1, -0.05) is 6.42 Å². The summed E-state index contributed by atoms with van der Waals surface area (Å²) in [6.07, 6.45) is 7.95. The molecule has 29 heavy (non-hydrogen) atoms. The predicted octanol–water partition coefficient (Wildman–Crippen LogP) is 1.02. The third kappa shape index (κ3) is 3.72. The van der Waals surface area contributed by atoms with Gasteiger partial charge in [-0.3, -0.25) is 14.7 Å². The molecule has 154 valence electrons. The fourth-order valence-corrected chi connectivity index (χ4v) is 4.71. The number of fused-ring (bicyclic) bond motifs is 1. The van der Waals surface area contributed by atoms with Crippen molar-refractivity contribution in [2.45, 2.75) is 51.4 Å². The topological polar surface area (TPSA) is 70.4 Å². The van der Waals surface area contributed by atoms with Crippen LogP contribution in [-0.2, 0) is 17.8 Å². The van der Waals surface area contributed by atoms with Gasteiger partial charge in [0.25, 0.3) is 0 Å². The maximum Gasteiger partial charge on any atom is 0.175 e. The quantitative estimate of drug-likeness (QED) is 0.700. The molecule has 1 atom stereocenters. The van der Waals surface area contributed by atoms with Crippen molar-refractivity contribution in [3.63, 3.8) is 0 Å². The van der Waals surface area contributed by atoms with Crippen LogP contribution in [0, 0.1) is 6.92 Å². The van der Waals surface area contributed by atoms with Crippen LogP contribution in [0.15, 0.2) is 18.3 Å². The zero-order chi connectivity index (χ0) is 19.8. The molecule has 5 rings (SSSR count). The number of piperazine rings is 1. The summed E-state index contributed by atoms with van der Waals surface area (Å²) in [6, 6.07) is 4.68.